The smallest absolute Gasteiger partial charge is 0.118 e. The zero-order valence-corrected chi connectivity index (χ0v) is 11.0. The molecule has 3 nitrogen and oxygen atoms in total. The Labute approximate surface area is 104 Å². The van der Waals surface area contributed by atoms with Crippen LogP contribution in [0, 0.1) is 0 Å². The van der Waals surface area contributed by atoms with Crippen molar-refractivity contribution >= 4 is 0 Å². The highest BCUT2D eigenvalue weighted by Gasteiger charge is 2.10. The fraction of sp³-hybridized carbons (Fsp3) is 0.571. The number of rotatable bonds is 7. The third-order valence-corrected chi connectivity index (χ3v) is 3.18. The lowest BCUT2D eigenvalue weighted by Crippen LogP contribution is -2.23. The van der Waals surface area contributed by atoms with Crippen LogP contribution in [-0.4, -0.2) is 37.3 Å². The molecule has 17 heavy (non-hydrogen) atoms. The molecule has 0 saturated carbocycles. The van der Waals surface area contributed by atoms with Crippen LogP contribution >= 0.6 is 0 Å². The molecule has 0 amide bonds. The number of benzene rings is 1. The lowest BCUT2D eigenvalue weighted by molar-refractivity contribution is 0.234. The van der Waals surface area contributed by atoms with E-state index in [1.54, 1.807) is 7.11 Å². The molecule has 0 aliphatic rings. The molecule has 1 unspecified atom stereocenters. The first kappa shape index (κ1) is 14.0. The molecule has 0 aromatic heterocycles. The summed E-state index contributed by atoms with van der Waals surface area (Å²) in [4.78, 5) is 2.30. The van der Waals surface area contributed by atoms with Crippen LogP contribution in [0.25, 0.3) is 0 Å². The number of aliphatic hydroxyl groups is 1. The molecule has 1 N–H and O–H groups in total. The Balaban J connectivity index is 2.52. The van der Waals surface area contributed by atoms with Crippen molar-refractivity contribution in [2.24, 2.45) is 0 Å². The number of hydrogen-bond donors (Lipinski definition) is 1. The summed E-state index contributed by atoms with van der Waals surface area (Å²) >= 11 is 0. The molecule has 96 valence electrons. The minimum atomic E-state index is 0.282. The summed E-state index contributed by atoms with van der Waals surface area (Å²) in [5, 5.41) is 8.76. The minimum absolute atomic E-state index is 0.282. The van der Waals surface area contributed by atoms with Gasteiger partial charge in [-0.1, -0.05) is 12.1 Å². The summed E-state index contributed by atoms with van der Waals surface area (Å²) in [5.74, 6) is 0.892. The van der Waals surface area contributed by atoms with E-state index in [0.717, 1.165) is 25.1 Å². The van der Waals surface area contributed by atoms with E-state index < -0.39 is 0 Å². The van der Waals surface area contributed by atoms with Gasteiger partial charge < -0.3 is 9.84 Å². The van der Waals surface area contributed by atoms with Crippen LogP contribution in [0.1, 0.15) is 31.4 Å². The predicted molar refractivity (Wildman–Crippen MR) is 70.4 cm³/mol. The van der Waals surface area contributed by atoms with Crippen LogP contribution in [0.15, 0.2) is 24.3 Å². The summed E-state index contributed by atoms with van der Waals surface area (Å²) in [7, 11) is 3.80. The lowest BCUT2D eigenvalue weighted by Gasteiger charge is -2.25. The average Bonchev–Trinajstić information content (AvgIpc) is 2.38. The van der Waals surface area contributed by atoms with Crippen molar-refractivity contribution in [3.05, 3.63) is 29.8 Å². The van der Waals surface area contributed by atoms with E-state index in [1.807, 2.05) is 12.1 Å². The fourth-order valence-corrected chi connectivity index (χ4v) is 1.80. The van der Waals surface area contributed by atoms with Crippen LogP contribution in [0.2, 0.25) is 0 Å². The van der Waals surface area contributed by atoms with Gasteiger partial charge in [-0.25, -0.2) is 0 Å². The third-order valence-electron chi connectivity index (χ3n) is 3.18. The first-order chi connectivity index (χ1) is 8.19. The van der Waals surface area contributed by atoms with E-state index in [2.05, 4.69) is 31.0 Å². The zero-order chi connectivity index (χ0) is 12.7. The molecule has 1 aromatic carbocycles. The second-order valence-electron chi connectivity index (χ2n) is 4.36. The number of methoxy groups -OCH3 is 1. The number of nitrogens with zero attached hydrogens (tertiary/aromatic N) is 1. The molecule has 0 aliphatic heterocycles. The van der Waals surface area contributed by atoms with E-state index in [1.165, 1.54) is 5.56 Å². The summed E-state index contributed by atoms with van der Waals surface area (Å²) in [5.41, 5.74) is 1.29. The van der Waals surface area contributed by atoms with Crippen molar-refractivity contribution in [2.45, 2.75) is 25.8 Å². The van der Waals surface area contributed by atoms with Crippen molar-refractivity contribution < 1.29 is 9.84 Å². The van der Waals surface area contributed by atoms with Gasteiger partial charge in [0.15, 0.2) is 0 Å². The topological polar surface area (TPSA) is 32.7 Å². The van der Waals surface area contributed by atoms with Gasteiger partial charge in [0.2, 0.25) is 0 Å². The predicted octanol–water partition coefficient (Wildman–Crippen LogP) is 2.46. The summed E-state index contributed by atoms with van der Waals surface area (Å²) in [6, 6.07) is 8.58. The van der Waals surface area contributed by atoms with Crippen molar-refractivity contribution in [1.82, 2.24) is 4.90 Å². The molecule has 0 bridgehead atoms. The van der Waals surface area contributed by atoms with Crippen molar-refractivity contribution in [3.63, 3.8) is 0 Å². The van der Waals surface area contributed by atoms with Crippen molar-refractivity contribution in [3.8, 4) is 5.75 Å². The maximum atomic E-state index is 8.76. The van der Waals surface area contributed by atoms with Crippen LogP contribution < -0.4 is 4.74 Å². The Morgan fingerprint density at radius 2 is 1.88 bits per heavy atom. The maximum absolute atomic E-state index is 8.76. The van der Waals surface area contributed by atoms with Crippen molar-refractivity contribution in [1.29, 1.82) is 0 Å². The molecule has 0 spiro atoms. The second-order valence-corrected chi connectivity index (χ2v) is 4.36. The van der Waals surface area contributed by atoms with E-state index in [-0.39, 0.29) is 6.61 Å². The number of aliphatic hydroxyl groups excluding tert-OH is 1. The molecular formula is C14H23NO2. The molecular weight excluding hydrogens is 214 g/mol. The van der Waals surface area contributed by atoms with Gasteiger partial charge in [-0.05, 0) is 51.1 Å². The maximum Gasteiger partial charge on any atom is 0.118 e. The van der Waals surface area contributed by atoms with Crippen LogP contribution in [0.3, 0.4) is 0 Å². The number of hydrogen-bond acceptors (Lipinski definition) is 3. The molecule has 1 rings (SSSR count). The Hall–Kier alpha value is -1.06. The summed E-state index contributed by atoms with van der Waals surface area (Å²) in [6.07, 6.45) is 1.91. The summed E-state index contributed by atoms with van der Waals surface area (Å²) in [6.45, 7) is 3.49. The Kier molecular flexibility index (Phi) is 6.01. The molecule has 0 saturated heterocycles. The lowest BCUT2D eigenvalue weighted by atomic mass is 10.1. The highest BCUT2D eigenvalue weighted by molar-refractivity contribution is 5.28. The first-order valence-corrected chi connectivity index (χ1v) is 6.14. The van der Waals surface area contributed by atoms with Gasteiger partial charge in [0, 0.05) is 12.6 Å². The third kappa shape index (κ3) is 4.36. The highest BCUT2D eigenvalue weighted by Crippen LogP contribution is 2.21. The molecule has 1 atom stereocenters. The highest BCUT2D eigenvalue weighted by atomic mass is 16.5. The van der Waals surface area contributed by atoms with Crippen LogP contribution in [0.5, 0.6) is 5.75 Å². The number of unbranched alkanes of at least 4 members (excludes halogenated alkanes) is 1. The van der Waals surface area contributed by atoms with Gasteiger partial charge in [0.1, 0.15) is 5.75 Å². The normalized spacial score (nSPS) is 12.8. The van der Waals surface area contributed by atoms with E-state index >= 15 is 0 Å². The Morgan fingerprint density at radius 1 is 1.24 bits per heavy atom. The van der Waals surface area contributed by atoms with Crippen LogP contribution in [0.4, 0.5) is 0 Å². The standard InChI is InChI=1S/C14H23NO2/c1-12(15(2)10-4-5-11-16)13-6-8-14(17-3)9-7-13/h6-9,12,16H,4-5,10-11H2,1-3H3. The van der Waals surface area contributed by atoms with Gasteiger partial charge in [0.05, 0.1) is 7.11 Å². The average molecular weight is 237 g/mol. The molecule has 0 fully saturated rings. The second kappa shape index (κ2) is 7.30. The fourth-order valence-electron chi connectivity index (χ4n) is 1.80. The Morgan fingerprint density at radius 3 is 2.41 bits per heavy atom. The monoisotopic (exact) mass is 237 g/mol. The van der Waals surface area contributed by atoms with E-state index in [0.29, 0.717) is 6.04 Å². The van der Waals surface area contributed by atoms with Gasteiger partial charge in [0.25, 0.3) is 0 Å². The molecule has 0 heterocycles. The molecule has 0 radical (unpaired) electrons. The van der Waals surface area contributed by atoms with Crippen molar-refractivity contribution in [2.75, 3.05) is 27.3 Å². The van der Waals surface area contributed by atoms with Gasteiger partial charge in [-0.2, -0.15) is 0 Å². The van der Waals surface area contributed by atoms with E-state index in [4.69, 9.17) is 9.84 Å². The zero-order valence-electron chi connectivity index (χ0n) is 11.0. The molecule has 3 heteroatoms. The van der Waals surface area contributed by atoms with Gasteiger partial charge in [-0.3, -0.25) is 4.90 Å². The molecule has 1 aromatic rings. The number of ether oxygens (including phenoxy) is 1. The van der Waals surface area contributed by atoms with Gasteiger partial charge in [-0.15, -0.1) is 0 Å². The van der Waals surface area contributed by atoms with Crippen LogP contribution in [-0.2, 0) is 0 Å². The quantitative estimate of drug-likeness (QED) is 0.739. The minimum Gasteiger partial charge on any atom is -0.497 e. The first-order valence-electron chi connectivity index (χ1n) is 6.14. The SMILES string of the molecule is COc1ccc(C(C)N(C)CCCCO)cc1. The summed E-state index contributed by atoms with van der Waals surface area (Å²) < 4.78 is 5.15. The Bertz CT molecular complexity index is 311. The van der Waals surface area contributed by atoms with E-state index in [9.17, 15) is 0 Å². The molecule has 0 aliphatic carbocycles. The largest absolute Gasteiger partial charge is 0.497 e. The van der Waals surface area contributed by atoms with Gasteiger partial charge >= 0.3 is 0 Å².